The van der Waals surface area contributed by atoms with Crippen LogP contribution < -0.4 is 4.74 Å². The largest absolute Gasteiger partial charge is 0.507 e. The summed E-state index contributed by atoms with van der Waals surface area (Å²) >= 11 is 0. The summed E-state index contributed by atoms with van der Waals surface area (Å²) in [5, 5.41) is 66.8. The molecule has 0 aliphatic heterocycles. The van der Waals surface area contributed by atoms with E-state index in [1.807, 2.05) is 48.5 Å². The van der Waals surface area contributed by atoms with E-state index < -0.39 is 12.6 Å². The monoisotopic (exact) mass is 694 g/mol. The van der Waals surface area contributed by atoms with Crippen molar-refractivity contribution in [3.8, 4) is 34.5 Å². The number of carboxylic acids is 1. The highest BCUT2D eigenvalue weighted by molar-refractivity contribution is 5.69. The Morgan fingerprint density at radius 1 is 0.385 bits per heavy atom. The Kier molecular flexibility index (Phi) is 9.46. The van der Waals surface area contributed by atoms with E-state index in [1.54, 1.807) is 60.7 Å². The Morgan fingerprint density at radius 3 is 0.788 bits per heavy atom. The van der Waals surface area contributed by atoms with Crippen LogP contribution in [0, 0.1) is 0 Å². The van der Waals surface area contributed by atoms with Gasteiger partial charge in [0.25, 0.3) is 0 Å². The van der Waals surface area contributed by atoms with Crippen molar-refractivity contribution in [2.24, 2.45) is 0 Å². The van der Waals surface area contributed by atoms with E-state index in [9.17, 15) is 35.4 Å². The molecule has 0 amide bonds. The molecule has 12 bridgehead atoms. The molecule has 0 saturated carbocycles. The highest BCUT2D eigenvalue weighted by atomic mass is 16.5. The summed E-state index contributed by atoms with van der Waals surface area (Å²) in [6.45, 7) is -0.575. The molecular weight excluding hydrogens is 656 g/mol. The van der Waals surface area contributed by atoms with Crippen molar-refractivity contribution < 1.29 is 40.2 Å². The van der Waals surface area contributed by atoms with Crippen LogP contribution in [0.15, 0.2) is 109 Å². The minimum absolute atomic E-state index is 0.0542. The molecule has 0 fully saturated rings. The highest BCUT2D eigenvalue weighted by Gasteiger charge is 2.20. The first kappa shape index (κ1) is 34.1. The lowest BCUT2D eigenvalue weighted by Gasteiger charge is -2.18. The predicted octanol–water partition coefficient (Wildman–Crippen LogP) is 7.54. The topological polar surface area (TPSA) is 148 Å². The van der Waals surface area contributed by atoms with Crippen LogP contribution in [-0.2, 0) is 43.3 Å². The van der Waals surface area contributed by atoms with Crippen LogP contribution in [0.2, 0.25) is 0 Å². The van der Waals surface area contributed by atoms with Crippen molar-refractivity contribution in [3.63, 3.8) is 0 Å². The Labute approximate surface area is 301 Å². The minimum atomic E-state index is -1.14. The van der Waals surface area contributed by atoms with E-state index in [4.69, 9.17) is 4.74 Å². The number of fused-ring (bicyclic) bond motifs is 12. The molecule has 6 aromatic carbocycles. The molecule has 6 N–H and O–H groups in total. The second kappa shape index (κ2) is 14.4. The molecule has 0 atom stereocenters. The summed E-state index contributed by atoms with van der Waals surface area (Å²) in [5.41, 5.74) is 7.34. The number of para-hydroxylation sites is 6. The number of aliphatic carboxylic acids is 1. The second-order valence-corrected chi connectivity index (χ2v) is 13.3. The molecule has 0 radical (unpaired) electrons. The van der Waals surface area contributed by atoms with Crippen LogP contribution in [0.4, 0.5) is 0 Å². The van der Waals surface area contributed by atoms with E-state index in [0.717, 1.165) is 0 Å². The van der Waals surface area contributed by atoms with Gasteiger partial charge in [-0.15, -0.1) is 0 Å². The summed E-state index contributed by atoms with van der Waals surface area (Å²) in [7, 11) is 0. The lowest BCUT2D eigenvalue weighted by molar-refractivity contribution is -0.139. The van der Waals surface area contributed by atoms with Gasteiger partial charge in [0.2, 0.25) is 0 Å². The fourth-order valence-corrected chi connectivity index (χ4v) is 7.12. The van der Waals surface area contributed by atoms with Gasteiger partial charge in [0, 0.05) is 38.5 Å². The summed E-state index contributed by atoms with van der Waals surface area (Å²) in [4.78, 5) is 11.6. The zero-order valence-electron chi connectivity index (χ0n) is 28.3. The number of rotatable bonds is 3. The molecule has 0 heterocycles. The van der Waals surface area contributed by atoms with Crippen molar-refractivity contribution >= 4 is 5.97 Å². The smallest absolute Gasteiger partial charge is 0.341 e. The molecule has 262 valence electrons. The number of hydrogen-bond acceptors (Lipinski definition) is 7. The van der Waals surface area contributed by atoms with Crippen LogP contribution in [0.5, 0.6) is 34.5 Å². The first-order valence-corrected chi connectivity index (χ1v) is 17.1. The van der Waals surface area contributed by atoms with E-state index in [1.165, 1.54) is 0 Å². The Balaban J connectivity index is 1.37. The first-order chi connectivity index (χ1) is 25.2. The lowest BCUT2D eigenvalue weighted by Crippen LogP contribution is -2.12. The van der Waals surface area contributed by atoms with Crippen LogP contribution in [-0.4, -0.2) is 43.2 Å². The molecule has 8 nitrogen and oxygen atoms in total. The van der Waals surface area contributed by atoms with Crippen LogP contribution in [0.3, 0.4) is 0 Å². The number of phenols is 5. The normalized spacial score (nSPS) is 12.8. The second-order valence-electron chi connectivity index (χ2n) is 13.3. The van der Waals surface area contributed by atoms with E-state index in [-0.39, 0.29) is 67.3 Å². The number of ether oxygens (including phenoxy) is 1. The summed E-state index contributed by atoms with van der Waals surface area (Å²) in [6, 6.07) is 32.7. The molecule has 8 heteroatoms. The van der Waals surface area contributed by atoms with E-state index in [2.05, 4.69) is 0 Å². The van der Waals surface area contributed by atoms with Gasteiger partial charge in [0.1, 0.15) is 34.5 Å². The molecule has 0 saturated heterocycles. The average Bonchev–Trinajstić information content (AvgIpc) is 3.12. The summed E-state index contributed by atoms with van der Waals surface area (Å²) < 4.78 is 5.88. The highest BCUT2D eigenvalue weighted by Crippen LogP contribution is 2.38. The SMILES string of the molecule is O=C(O)COc1c2cccc1Cc1cccc(c1O)Cc1cccc(c1O)Cc1cccc(c1O)Cc1cccc(c1O)Cc1cccc(c1O)C2. The van der Waals surface area contributed by atoms with Gasteiger partial charge in [0.15, 0.2) is 6.61 Å². The molecule has 7 rings (SSSR count). The third-order valence-corrected chi connectivity index (χ3v) is 9.82. The predicted molar refractivity (Wildman–Crippen MR) is 197 cm³/mol. The molecule has 0 spiro atoms. The molecule has 52 heavy (non-hydrogen) atoms. The number of benzene rings is 6. The van der Waals surface area contributed by atoms with Gasteiger partial charge in [-0.3, -0.25) is 0 Å². The van der Waals surface area contributed by atoms with Crippen molar-refractivity contribution in [1.82, 2.24) is 0 Å². The molecule has 1 aliphatic rings. The van der Waals surface area contributed by atoms with Crippen LogP contribution in [0.25, 0.3) is 0 Å². The van der Waals surface area contributed by atoms with Gasteiger partial charge in [0.05, 0.1) is 0 Å². The van der Waals surface area contributed by atoms with Gasteiger partial charge in [-0.2, -0.15) is 0 Å². The summed E-state index contributed by atoms with van der Waals surface area (Å²) in [6.07, 6.45) is 1.43. The molecule has 0 aromatic heterocycles. The van der Waals surface area contributed by atoms with Crippen LogP contribution in [0.1, 0.15) is 66.8 Å². The third-order valence-electron chi connectivity index (χ3n) is 9.82. The van der Waals surface area contributed by atoms with E-state index in [0.29, 0.717) is 72.5 Å². The molecule has 1 aliphatic carbocycles. The van der Waals surface area contributed by atoms with Crippen molar-refractivity contribution in [3.05, 3.63) is 176 Å². The number of carbonyl (C=O) groups is 1. The van der Waals surface area contributed by atoms with Crippen molar-refractivity contribution in [2.75, 3.05) is 6.61 Å². The quantitative estimate of drug-likeness (QED) is 0.111. The van der Waals surface area contributed by atoms with Crippen LogP contribution >= 0.6 is 0 Å². The van der Waals surface area contributed by atoms with Gasteiger partial charge >= 0.3 is 5.97 Å². The van der Waals surface area contributed by atoms with Gasteiger partial charge < -0.3 is 35.4 Å². The first-order valence-electron chi connectivity index (χ1n) is 17.1. The fourth-order valence-electron chi connectivity index (χ4n) is 7.12. The Morgan fingerprint density at radius 2 is 0.577 bits per heavy atom. The number of aromatic hydroxyl groups is 5. The Bertz CT molecular complexity index is 2160. The Hall–Kier alpha value is -6.41. The minimum Gasteiger partial charge on any atom is -0.507 e. The maximum atomic E-state index is 11.6. The third kappa shape index (κ3) is 6.96. The van der Waals surface area contributed by atoms with Gasteiger partial charge in [-0.25, -0.2) is 4.79 Å². The van der Waals surface area contributed by atoms with Gasteiger partial charge in [-0.1, -0.05) is 109 Å². The zero-order valence-corrected chi connectivity index (χ0v) is 28.3. The van der Waals surface area contributed by atoms with Crippen molar-refractivity contribution in [2.45, 2.75) is 38.5 Å². The maximum absolute atomic E-state index is 11.6. The molecular formula is C44H38O8. The average molecular weight is 695 g/mol. The number of hydrogen-bond donors (Lipinski definition) is 6. The maximum Gasteiger partial charge on any atom is 0.341 e. The van der Waals surface area contributed by atoms with Gasteiger partial charge in [-0.05, 0) is 66.8 Å². The molecule has 0 unspecified atom stereocenters. The van der Waals surface area contributed by atoms with Crippen molar-refractivity contribution in [1.29, 1.82) is 0 Å². The standard InChI is InChI=1S/C44H38O8/c45-38(46)25-52-44-36-17-6-18-37(44)24-35-16-5-14-33(43(35)51)22-31-12-3-10-29(41(31)49)20-27-8-1-7-26(39(27)47)19-28-9-2-11-30(40(28)48)21-32-13-4-15-34(23-36)42(32)50/h1-18,47-51H,19-25H2,(H,45,46). The number of phenolic OH excluding ortho intramolecular Hbond substituents is 5. The van der Waals surface area contributed by atoms with E-state index >= 15 is 0 Å². The zero-order chi connectivity index (χ0) is 36.4. The fraction of sp³-hybridized carbons (Fsp3) is 0.159. The number of carboxylic acid groups (broad SMARTS) is 1. The molecule has 6 aromatic rings. The lowest BCUT2D eigenvalue weighted by atomic mass is 9.91. The summed E-state index contributed by atoms with van der Waals surface area (Å²) in [5.74, 6) is -0.451.